The molecule has 1 aromatic carbocycles. The number of amides is 1. The zero-order valence-electron chi connectivity index (χ0n) is 12.0. The Labute approximate surface area is 121 Å². The molecule has 0 spiro atoms. The minimum atomic E-state index is -0.576. The van der Waals surface area contributed by atoms with Crippen molar-refractivity contribution < 1.29 is 18.7 Å². The monoisotopic (exact) mass is 291 g/mol. The highest BCUT2D eigenvalue weighted by atomic mass is 16.5. The summed E-state index contributed by atoms with van der Waals surface area (Å²) in [4.78, 5) is 23.7. The zero-order valence-corrected chi connectivity index (χ0v) is 12.0. The SMILES string of the molecule is CCOc1ccc2c(C(=O)NCCOC)cc(=O)oc2c1. The van der Waals surface area contributed by atoms with Gasteiger partial charge in [0, 0.05) is 31.2 Å². The Balaban J connectivity index is 2.39. The van der Waals surface area contributed by atoms with Gasteiger partial charge in [0.25, 0.3) is 5.91 Å². The first-order valence-electron chi connectivity index (χ1n) is 6.63. The average Bonchev–Trinajstić information content (AvgIpc) is 2.46. The van der Waals surface area contributed by atoms with E-state index in [-0.39, 0.29) is 11.5 Å². The van der Waals surface area contributed by atoms with E-state index in [0.717, 1.165) is 0 Å². The number of benzene rings is 1. The van der Waals surface area contributed by atoms with Crippen LogP contribution in [0.25, 0.3) is 11.0 Å². The summed E-state index contributed by atoms with van der Waals surface area (Å²) in [5, 5.41) is 3.25. The quantitative estimate of drug-likeness (QED) is 0.645. The minimum absolute atomic E-state index is 0.278. The Morgan fingerprint density at radius 3 is 2.86 bits per heavy atom. The van der Waals surface area contributed by atoms with Crippen LogP contribution in [-0.4, -0.2) is 32.8 Å². The second-order valence-electron chi connectivity index (χ2n) is 4.32. The van der Waals surface area contributed by atoms with Gasteiger partial charge in [-0.15, -0.1) is 0 Å². The molecule has 0 saturated heterocycles. The molecule has 0 aliphatic carbocycles. The summed E-state index contributed by atoms with van der Waals surface area (Å²) in [5.74, 6) is 0.249. The lowest BCUT2D eigenvalue weighted by atomic mass is 10.1. The maximum absolute atomic E-state index is 12.1. The average molecular weight is 291 g/mol. The standard InChI is InChI=1S/C15H17NO5/c1-3-20-10-4-5-11-12(15(18)16-6-7-19-2)9-14(17)21-13(11)8-10/h4-5,8-9H,3,6-7H2,1-2H3,(H,16,18). The number of fused-ring (bicyclic) bond motifs is 1. The van der Waals surface area contributed by atoms with Crippen molar-refractivity contribution in [3.63, 3.8) is 0 Å². The van der Waals surface area contributed by atoms with Crippen LogP contribution in [0.5, 0.6) is 5.75 Å². The topological polar surface area (TPSA) is 77.8 Å². The van der Waals surface area contributed by atoms with Crippen LogP contribution in [0, 0.1) is 0 Å². The molecule has 0 aliphatic rings. The fraction of sp³-hybridized carbons (Fsp3) is 0.333. The van der Waals surface area contributed by atoms with Gasteiger partial charge in [-0.3, -0.25) is 4.79 Å². The highest BCUT2D eigenvalue weighted by Crippen LogP contribution is 2.22. The molecule has 2 rings (SSSR count). The van der Waals surface area contributed by atoms with E-state index in [1.807, 2.05) is 6.92 Å². The maximum Gasteiger partial charge on any atom is 0.337 e. The second-order valence-corrected chi connectivity index (χ2v) is 4.32. The van der Waals surface area contributed by atoms with E-state index in [9.17, 15) is 9.59 Å². The predicted molar refractivity (Wildman–Crippen MR) is 77.9 cm³/mol. The summed E-state index contributed by atoms with van der Waals surface area (Å²) in [7, 11) is 1.55. The number of hydrogen-bond donors (Lipinski definition) is 1. The Bertz CT molecular complexity index is 692. The number of methoxy groups -OCH3 is 1. The van der Waals surface area contributed by atoms with Crippen molar-refractivity contribution in [2.45, 2.75) is 6.92 Å². The smallest absolute Gasteiger partial charge is 0.337 e. The van der Waals surface area contributed by atoms with E-state index < -0.39 is 5.63 Å². The van der Waals surface area contributed by atoms with Crippen LogP contribution in [-0.2, 0) is 4.74 Å². The van der Waals surface area contributed by atoms with Gasteiger partial charge in [0.05, 0.1) is 18.8 Å². The largest absolute Gasteiger partial charge is 0.494 e. The molecule has 0 fully saturated rings. The third kappa shape index (κ3) is 3.61. The molecule has 1 aromatic heterocycles. The fourth-order valence-electron chi connectivity index (χ4n) is 1.95. The molecule has 6 nitrogen and oxygen atoms in total. The molecule has 21 heavy (non-hydrogen) atoms. The van der Waals surface area contributed by atoms with Gasteiger partial charge in [-0.05, 0) is 19.1 Å². The Kier molecular flexibility index (Phi) is 4.94. The highest BCUT2D eigenvalue weighted by Gasteiger charge is 2.13. The van der Waals surface area contributed by atoms with E-state index in [1.54, 1.807) is 25.3 Å². The van der Waals surface area contributed by atoms with Gasteiger partial charge < -0.3 is 19.2 Å². The first kappa shape index (κ1) is 15.1. The number of carbonyl (C=O) groups excluding carboxylic acids is 1. The second kappa shape index (κ2) is 6.90. The molecule has 0 saturated carbocycles. The van der Waals surface area contributed by atoms with Crippen molar-refractivity contribution in [1.29, 1.82) is 0 Å². The number of rotatable bonds is 6. The van der Waals surface area contributed by atoms with Crippen molar-refractivity contribution in [3.05, 3.63) is 40.2 Å². The lowest BCUT2D eigenvalue weighted by Gasteiger charge is -2.08. The Hall–Kier alpha value is -2.34. The summed E-state index contributed by atoms with van der Waals surface area (Å²) >= 11 is 0. The number of ether oxygens (including phenoxy) is 2. The number of hydrogen-bond acceptors (Lipinski definition) is 5. The van der Waals surface area contributed by atoms with Crippen molar-refractivity contribution in [2.24, 2.45) is 0 Å². The molecular formula is C15H17NO5. The molecule has 1 N–H and O–H groups in total. The highest BCUT2D eigenvalue weighted by molar-refractivity contribution is 6.05. The van der Waals surface area contributed by atoms with E-state index in [0.29, 0.717) is 36.5 Å². The molecule has 1 heterocycles. The Morgan fingerprint density at radius 1 is 1.33 bits per heavy atom. The molecule has 2 aromatic rings. The minimum Gasteiger partial charge on any atom is -0.494 e. The van der Waals surface area contributed by atoms with Gasteiger partial charge in [0.2, 0.25) is 0 Å². The molecule has 1 amide bonds. The fourth-order valence-corrected chi connectivity index (χ4v) is 1.95. The summed E-state index contributed by atoms with van der Waals surface area (Å²) in [6, 6.07) is 6.23. The van der Waals surface area contributed by atoms with Gasteiger partial charge in [-0.1, -0.05) is 0 Å². The molecule has 0 aliphatic heterocycles. The van der Waals surface area contributed by atoms with Gasteiger partial charge in [0.15, 0.2) is 0 Å². The molecule has 112 valence electrons. The molecular weight excluding hydrogens is 274 g/mol. The van der Waals surface area contributed by atoms with Crippen LogP contribution in [0.3, 0.4) is 0 Å². The van der Waals surface area contributed by atoms with Crippen LogP contribution < -0.4 is 15.7 Å². The van der Waals surface area contributed by atoms with Crippen LogP contribution in [0.4, 0.5) is 0 Å². The van der Waals surface area contributed by atoms with E-state index in [1.165, 1.54) is 6.07 Å². The van der Waals surface area contributed by atoms with Crippen molar-refractivity contribution in [3.8, 4) is 5.75 Å². The lowest BCUT2D eigenvalue weighted by Crippen LogP contribution is -2.27. The van der Waals surface area contributed by atoms with Crippen LogP contribution >= 0.6 is 0 Å². The third-order valence-electron chi connectivity index (χ3n) is 2.86. The number of nitrogens with one attached hydrogen (secondary N) is 1. The van der Waals surface area contributed by atoms with Gasteiger partial charge >= 0.3 is 5.63 Å². The summed E-state index contributed by atoms with van der Waals surface area (Å²) in [6.07, 6.45) is 0. The van der Waals surface area contributed by atoms with E-state index in [4.69, 9.17) is 13.9 Å². The zero-order chi connectivity index (χ0) is 15.2. The third-order valence-corrected chi connectivity index (χ3v) is 2.86. The first-order valence-corrected chi connectivity index (χ1v) is 6.63. The van der Waals surface area contributed by atoms with Crippen LogP contribution in [0.15, 0.2) is 33.5 Å². The molecule has 6 heteroatoms. The molecule has 0 radical (unpaired) electrons. The summed E-state index contributed by atoms with van der Waals surface area (Å²) < 4.78 is 15.3. The molecule has 0 unspecified atom stereocenters. The summed E-state index contributed by atoms with van der Waals surface area (Å²) in [6.45, 7) is 3.14. The van der Waals surface area contributed by atoms with Gasteiger partial charge in [-0.25, -0.2) is 4.79 Å². The molecule has 0 bridgehead atoms. The van der Waals surface area contributed by atoms with Gasteiger partial charge in [-0.2, -0.15) is 0 Å². The predicted octanol–water partition coefficient (Wildman–Crippen LogP) is 1.57. The van der Waals surface area contributed by atoms with Crippen LogP contribution in [0.2, 0.25) is 0 Å². The van der Waals surface area contributed by atoms with Crippen molar-refractivity contribution >= 4 is 16.9 Å². The first-order chi connectivity index (χ1) is 10.2. The van der Waals surface area contributed by atoms with Crippen molar-refractivity contribution in [1.82, 2.24) is 5.32 Å². The normalized spacial score (nSPS) is 10.6. The van der Waals surface area contributed by atoms with Gasteiger partial charge in [0.1, 0.15) is 11.3 Å². The lowest BCUT2D eigenvalue weighted by molar-refractivity contribution is 0.0938. The number of carbonyl (C=O) groups is 1. The van der Waals surface area contributed by atoms with Crippen molar-refractivity contribution in [2.75, 3.05) is 26.9 Å². The van der Waals surface area contributed by atoms with E-state index in [2.05, 4.69) is 5.32 Å². The maximum atomic E-state index is 12.1. The summed E-state index contributed by atoms with van der Waals surface area (Å²) in [5.41, 5.74) is 0.0267. The van der Waals surface area contributed by atoms with E-state index >= 15 is 0 Å². The van der Waals surface area contributed by atoms with Crippen LogP contribution in [0.1, 0.15) is 17.3 Å². The molecule has 0 atom stereocenters. The Morgan fingerprint density at radius 2 is 2.14 bits per heavy atom.